The Labute approximate surface area is 141 Å². The summed E-state index contributed by atoms with van der Waals surface area (Å²) in [5.41, 5.74) is 3.88. The molecule has 24 heavy (non-hydrogen) atoms. The third kappa shape index (κ3) is 3.50. The summed E-state index contributed by atoms with van der Waals surface area (Å²) < 4.78 is 11.7. The minimum absolute atomic E-state index is 0.651. The standard InChI is InChI=1S/C20H22N2O2/c1-2-6-19-18(5-1)22-20(24-19)17-9-7-15(8-10-17)13-23-14-16-4-3-11-21-12-16/h1-2,5-10,16,21H,3-4,11-14H2. The van der Waals surface area contributed by atoms with E-state index in [1.165, 1.54) is 18.4 Å². The zero-order valence-electron chi connectivity index (χ0n) is 13.7. The Morgan fingerprint density at radius 1 is 1.12 bits per heavy atom. The zero-order valence-corrected chi connectivity index (χ0v) is 13.7. The van der Waals surface area contributed by atoms with Gasteiger partial charge in [0.25, 0.3) is 0 Å². The highest BCUT2D eigenvalue weighted by atomic mass is 16.5. The van der Waals surface area contributed by atoms with Gasteiger partial charge in [-0.2, -0.15) is 0 Å². The summed E-state index contributed by atoms with van der Waals surface area (Å²) >= 11 is 0. The average Bonchev–Trinajstić information content (AvgIpc) is 3.07. The SMILES string of the molecule is c1ccc2oc(-c3ccc(COCC4CCCNC4)cc3)nc2c1. The molecular weight excluding hydrogens is 300 g/mol. The van der Waals surface area contributed by atoms with Crippen molar-refractivity contribution in [2.75, 3.05) is 19.7 Å². The number of para-hydroxylation sites is 2. The molecule has 2 heterocycles. The largest absolute Gasteiger partial charge is 0.436 e. The van der Waals surface area contributed by atoms with Gasteiger partial charge >= 0.3 is 0 Å². The number of piperidine rings is 1. The molecule has 4 heteroatoms. The van der Waals surface area contributed by atoms with Crippen LogP contribution in [0.5, 0.6) is 0 Å². The molecule has 1 N–H and O–H groups in total. The third-order valence-corrected chi connectivity index (χ3v) is 4.52. The maximum absolute atomic E-state index is 5.87. The van der Waals surface area contributed by atoms with Crippen molar-refractivity contribution in [3.63, 3.8) is 0 Å². The van der Waals surface area contributed by atoms with Crippen LogP contribution in [0, 0.1) is 5.92 Å². The first-order valence-corrected chi connectivity index (χ1v) is 8.62. The van der Waals surface area contributed by atoms with Gasteiger partial charge in [0.15, 0.2) is 5.58 Å². The van der Waals surface area contributed by atoms with Crippen molar-refractivity contribution in [2.24, 2.45) is 5.92 Å². The minimum atomic E-state index is 0.651. The van der Waals surface area contributed by atoms with Gasteiger partial charge in [0.05, 0.1) is 13.2 Å². The van der Waals surface area contributed by atoms with E-state index in [2.05, 4.69) is 22.4 Å². The molecule has 3 aromatic rings. The van der Waals surface area contributed by atoms with E-state index >= 15 is 0 Å². The molecular formula is C20H22N2O2. The molecule has 1 aliphatic heterocycles. The van der Waals surface area contributed by atoms with Crippen LogP contribution in [0.2, 0.25) is 0 Å². The monoisotopic (exact) mass is 322 g/mol. The van der Waals surface area contributed by atoms with Gasteiger partial charge in [-0.1, -0.05) is 24.3 Å². The predicted octanol–water partition coefficient (Wildman–Crippen LogP) is 4.01. The molecule has 0 saturated carbocycles. The number of oxazole rings is 1. The number of fused-ring (bicyclic) bond motifs is 1. The Morgan fingerprint density at radius 2 is 2.00 bits per heavy atom. The van der Waals surface area contributed by atoms with Crippen LogP contribution in [0.15, 0.2) is 52.9 Å². The molecule has 0 bridgehead atoms. The highest BCUT2D eigenvalue weighted by Gasteiger charge is 2.13. The molecule has 1 aromatic heterocycles. The van der Waals surface area contributed by atoms with Gasteiger partial charge < -0.3 is 14.5 Å². The number of rotatable bonds is 5. The minimum Gasteiger partial charge on any atom is -0.436 e. The van der Waals surface area contributed by atoms with E-state index in [0.717, 1.165) is 36.4 Å². The van der Waals surface area contributed by atoms with Gasteiger partial charge in [0.1, 0.15) is 5.52 Å². The van der Waals surface area contributed by atoms with E-state index < -0.39 is 0 Å². The summed E-state index contributed by atoms with van der Waals surface area (Å²) in [5.74, 6) is 1.31. The lowest BCUT2D eigenvalue weighted by atomic mass is 10.0. The molecule has 0 aliphatic carbocycles. The van der Waals surface area contributed by atoms with Gasteiger partial charge in [-0.25, -0.2) is 4.98 Å². The van der Waals surface area contributed by atoms with Crippen LogP contribution in [0.25, 0.3) is 22.6 Å². The molecule has 124 valence electrons. The Morgan fingerprint density at radius 3 is 2.79 bits per heavy atom. The number of ether oxygens (including phenoxy) is 1. The second-order valence-electron chi connectivity index (χ2n) is 6.41. The fourth-order valence-corrected chi connectivity index (χ4v) is 3.15. The Balaban J connectivity index is 1.37. The summed E-state index contributed by atoms with van der Waals surface area (Å²) in [5, 5.41) is 3.42. The van der Waals surface area contributed by atoms with Crippen LogP contribution in [-0.4, -0.2) is 24.7 Å². The van der Waals surface area contributed by atoms with Gasteiger partial charge in [-0.05, 0) is 55.1 Å². The maximum atomic E-state index is 5.87. The third-order valence-electron chi connectivity index (χ3n) is 4.52. The second-order valence-corrected chi connectivity index (χ2v) is 6.41. The lowest BCUT2D eigenvalue weighted by Gasteiger charge is -2.22. The summed E-state index contributed by atoms with van der Waals surface area (Å²) in [6, 6.07) is 16.1. The number of hydrogen-bond acceptors (Lipinski definition) is 4. The number of nitrogens with one attached hydrogen (secondary N) is 1. The predicted molar refractivity (Wildman–Crippen MR) is 94.7 cm³/mol. The molecule has 0 radical (unpaired) electrons. The Bertz CT molecular complexity index is 756. The van der Waals surface area contributed by atoms with E-state index in [-0.39, 0.29) is 0 Å². The Kier molecular flexibility index (Phi) is 4.58. The van der Waals surface area contributed by atoms with E-state index in [9.17, 15) is 0 Å². The molecule has 1 aliphatic rings. The van der Waals surface area contributed by atoms with E-state index in [4.69, 9.17) is 9.15 Å². The van der Waals surface area contributed by atoms with E-state index in [1.807, 2.05) is 36.4 Å². The van der Waals surface area contributed by atoms with Crippen LogP contribution in [0.1, 0.15) is 18.4 Å². The highest BCUT2D eigenvalue weighted by molar-refractivity contribution is 5.75. The lowest BCUT2D eigenvalue weighted by Crippen LogP contribution is -2.32. The van der Waals surface area contributed by atoms with Crippen molar-refractivity contribution in [1.29, 1.82) is 0 Å². The van der Waals surface area contributed by atoms with Gasteiger partial charge in [-0.15, -0.1) is 0 Å². The summed E-state index contributed by atoms with van der Waals surface area (Å²) in [4.78, 5) is 4.53. The molecule has 0 spiro atoms. The molecule has 0 amide bonds. The fraction of sp³-hybridized carbons (Fsp3) is 0.350. The van der Waals surface area contributed by atoms with Crippen LogP contribution >= 0.6 is 0 Å². The van der Waals surface area contributed by atoms with Crippen molar-refractivity contribution in [3.05, 3.63) is 54.1 Å². The molecule has 2 aromatic carbocycles. The quantitative estimate of drug-likeness (QED) is 0.771. The van der Waals surface area contributed by atoms with E-state index in [1.54, 1.807) is 0 Å². The second kappa shape index (κ2) is 7.16. The summed E-state index contributed by atoms with van der Waals surface area (Å²) in [6.45, 7) is 3.72. The Hall–Kier alpha value is -2.17. The normalized spacial score (nSPS) is 18.1. The molecule has 1 saturated heterocycles. The molecule has 1 atom stereocenters. The van der Waals surface area contributed by atoms with Crippen LogP contribution in [0.3, 0.4) is 0 Å². The fourth-order valence-electron chi connectivity index (χ4n) is 3.15. The molecule has 4 rings (SSSR count). The van der Waals surface area contributed by atoms with E-state index in [0.29, 0.717) is 18.4 Å². The van der Waals surface area contributed by atoms with Gasteiger partial charge in [0.2, 0.25) is 5.89 Å². The van der Waals surface area contributed by atoms with Crippen molar-refractivity contribution in [2.45, 2.75) is 19.4 Å². The zero-order chi connectivity index (χ0) is 16.2. The van der Waals surface area contributed by atoms with Crippen molar-refractivity contribution in [3.8, 4) is 11.5 Å². The highest BCUT2D eigenvalue weighted by Crippen LogP contribution is 2.24. The van der Waals surface area contributed by atoms with Gasteiger partial charge in [0, 0.05) is 12.1 Å². The first kappa shape index (κ1) is 15.4. The lowest BCUT2D eigenvalue weighted by molar-refractivity contribution is 0.0783. The molecule has 1 fully saturated rings. The maximum Gasteiger partial charge on any atom is 0.227 e. The molecule has 4 nitrogen and oxygen atoms in total. The first-order chi connectivity index (χ1) is 11.9. The first-order valence-electron chi connectivity index (χ1n) is 8.62. The smallest absolute Gasteiger partial charge is 0.227 e. The van der Waals surface area contributed by atoms with Crippen molar-refractivity contribution in [1.82, 2.24) is 10.3 Å². The number of nitrogens with zero attached hydrogens (tertiary/aromatic N) is 1. The van der Waals surface area contributed by atoms with Crippen molar-refractivity contribution >= 4 is 11.1 Å². The van der Waals surface area contributed by atoms with Crippen molar-refractivity contribution < 1.29 is 9.15 Å². The van der Waals surface area contributed by atoms with Crippen LogP contribution in [0.4, 0.5) is 0 Å². The summed E-state index contributed by atoms with van der Waals surface area (Å²) in [6.07, 6.45) is 2.52. The number of hydrogen-bond donors (Lipinski definition) is 1. The van der Waals surface area contributed by atoms with Gasteiger partial charge in [-0.3, -0.25) is 0 Å². The average molecular weight is 322 g/mol. The summed E-state index contributed by atoms with van der Waals surface area (Å²) in [7, 11) is 0. The topological polar surface area (TPSA) is 47.3 Å². The van der Waals surface area contributed by atoms with Crippen LogP contribution < -0.4 is 5.32 Å². The number of aromatic nitrogens is 1. The number of benzene rings is 2. The van der Waals surface area contributed by atoms with Crippen LogP contribution in [-0.2, 0) is 11.3 Å². The molecule has 1 unspecified atom stereocenters.